The maximum Gasteiger partial charge on any atom is 0.152 e. The molecule has 3 aromatic rings. The van der Waals surface area contributed by atoms with Crippen molar-refractivity contribution in [1.82, 2.24) is 14.6 Å². The molecule has 64 valence electrons. The lowest BCUT2D eigenvalue weighted by atomic mass is 10.5. The number of fused-ring (bicyclic) bond motifs is 3. The van der Waals surface area contributed by atoms with Crippen LogP contribution in [0.1, 0.15) is 0 Å². The number of aromatic nitrogens is 3. The first-order valence-corrected chi connectivity index (χ1v) is 4.19. The molecule has 0 atom stereocenters. The molecule has 0 unspecified atom stereocenters. The number of rotatable bonds is 0. The minimum absolute atomic E-state index is 0.619. The van der Waals surface area contributed by atoms with Crippen LogP contribution in [0.2, 0.25) is 0 Å². The van der Waals surface area contributed by atoms with Crippen molar-refractivity contribution in [1.29, 1.82) is 0 Å². The topological polar surface area (TPSA) is 46.2 Å². The average Bonchev–Trinajstić information content (AvgIpc) is 2.65. The SMILES string of the molecule is S=c1[nH]ncn2c1cc1occc12. The van der Waals surface area contributed by atoms with Gasteiger partial charge in [0.25, 0.3) is 0 Å². The maximum absolute atomic E-state index is 5.25. The molecule has 0 aliphatic rings. The number of nitrogens with zero attached hydrogens (tertiary/aromatic N) is 2. The summed E-state index contributed by atoms with van der Waals surface area (Å²) >= 11 is 5.08. The maximum atomic E-state index is 5.25. The zero-order valence-corrected chi connectivity index (χ0v) is 7.34. The molecule has 5 heteroatoms. The van der Waals surface area contributed by atoms with Crippen molar-refractivity contribution in [3.63, 3.8) is 0 Å². The van der Waals surface area contributed by atoms with Crippen molar-refractivity contribution in [2.75, 3.05) is 0 Å². The average molecular weight is 191 g/mol. The van der Waals surface area contributed by atoms with Crippen LogP contribution in [0.15, 0.2) is 29.1 Å². The zero-order valence-electron chi connectivity index (χ0n) is 6.52. The minimum Gasteiger partial charge on any atom is -0.463 e. The monoisotopic (exact) mass is 191 g/mol. The van der Waals surface area contributed by atoms with Gasteiger partial charge in [0.15, 0.2) is 5.58 Å². The lowest BCUT2D eigenvalue weighted by Gasteiger charge is -1.91. The molecule has 0 aliphatic heterocycles. The summed E-state index contributed by atoms with van der Waals surface area (Å²) in [7, 11) is 0. The third kappa shape index (κ3) is 0.790. The van der Waals surface area contributed by atoms with Crippen LogP contribution in [0.5, 0.6) is 0 Å². The van der Waals surface area contributed by atoms with Gasteiger partial charge in [-0.3, -0.25) is 9.50 Å². The van der Waals surface area contributed by atoms with Gasteiger partial charge in [0.1, 0.15) is 11.0 Å². The lowest BCUT2D eigenvalue weighted by molar-refractivity contribution is 0.616. The summed E-state index contributed by atoms with van der Waals surface area (Å²) < 4.78 is 7.77. The first-order chi connectivity index (χ1) is 6.36. The third-order valence-corrected chi connectivity index (χ3v) is 2.33. The second kappa shape index (κ2) is 2.20. The summed E-state index contributed by atoms with van der Waals surface area (Å²) in [6, 6.07) is 3.79. The first-order valence-electron chi connectivity index (χ1n) is 3.78. The molecule has 3 heterocycles. The fourth-order valence-electron chi connectivity index (χ4n) is 1.45. The van der Waals surface area contributed by atoms with Crippen LogP contribution in [-0.4, -0.2) is 14.6 Å². The van der Waals surface area contributed by atoms with E-state index in [1.54, 1.807) is 12.6 Å². The Hall–Kier alpha value is -1.62. The second-order valence-corrected chi connectivity index (χ2v) is 3.16. The molecule has 3 rings (SSSR count). The van der Waals surface area contributed by atoms with Crippen molar-refractivity contribution in [3.8, 4) is 0 Å². The highest BCUT2D eigenvalue weighted by atomic mass is 32.1. The molecular formula is C8H5N3OS. The van der Waals surface area contributed by atoms with Gasteiger partial charge >= 0.3 is 0 Å². The second-order valence-electron chi connectivity index (χ2n) is 2.76. The van der Waals surface area contributed by atoms with Crippen molar-refractivity contribution in [2.45, 2.75) is 0 Å². The molecule has 3 aromatic heterocycles. The summed E-state index contributed by atoms with van der Waals surface area (Å²) in [5.41, 5.74) is 2.73. The zero-order chi connectivity index (χ0) is 8.84. The number of aromatic amines is 1. The van der Waals surface area contributed by atoms with E-state index in [1.807, 2.05) is 16.5 Å². The standard InChI is InChI=1S/C8H5N3OS/c13-8-6-3-7-5(1-2-12-7)11(6)4-9-10-8/h1-4H,(H,10,13). The van der Waals surface area contributed by atoms with Crippen molar-refractivity contribution < 1.29 is 4.42 Å². The fraction of sp³-hybridized carbons (Fsp3) is 0. The van der Waals surface area contributed by atoms with Crippen molar-refractivity contribution >= 4 is 28.8 Å². The van der Waals surface area contributed by atoms with Gasteiger partial charge in [-0.15, -0.1) is 0 Å². The Balaban J connectivity index is 2.74. The highest BCUT2D eigenvalue weighted by Gasteiger charge is 2.05. The van der Waals surface area contributed by atoms with Gasteiger partial charge in [0.05, 0.1) is 17.3 Å². The quantitative estimate of drug-likeness (QED) is 0.554. The van der Waals surface area contributed by atoms with Gasteiger partial charge in [-0.05, 0) is 0 Å². The molecule has 0 aromatic carbocycles. The van der Waals surface area contributed by atoms with Crippen LogP contribution in [0.25, 0.3) is 16.6 Å². The van der Waals surface area contributed by atoms with Crippen LogP contribution in [-0.2, 0) is 0 Å². The van der Waals surface area contributed by atoms with Gasteiger partial charge in [-0.2, -0.15) is 5.10 Å². The lowest BCUT2D eigenvalue weighted by Crippen LogP contribution is -1.89. The summed E-state index contributed by atoms with van der Waals surface area (Å²) in [6.07, 6.45) is 3.33. The number of furan rings is 1. The molecule has 0 spiro atoms. The number of H-pyrrole nitrogens is 1. The molecule has 0 radical (unpaired) electrons. The van der Waals surface area contributed by atoms with Crippen molar-refractivity contribution in [2.24, 2.45) is 0 Å². The van der Waals surface area contributed by atoms with E-state index in [0.717, 1.165) is 16.6 Å². The van der Waals surface area contributed by atoms with Crippen LogP contribution < -0.4 is 0 Å². The minimum atomic E-state index is 0.619. The Morgan fingerprint density at radius 1 is 1.46 bits per heavy atom. The predicted octanol–water partition coefficient (Wildman–Crippen LogP) is 2.14. The molecule has 0 bridgehead atoms. The van der Waals surface area contributed by atoms with Gasteiger partial charge in [0.2, 0.25) is 0 Å². The third-order valence-electron chi connectivity index (χ3n) is 2.03. The van der Waals surface area contributed by atoms with Crippen LogP contribution in [0.4, 0.5) is 0 Å². The van der Waals surface area contributed by atoms with Crippen LogP contribution in [0.3, 0.4) is 0 Å². The fourth-order valence-corrected chi connectivity index (χ4v) is 1.66. The predicted molar refractivity (Wildman–Crippen MR) is 50.1 cm³/mol. The van der Waals surface area contributed by atoms with E-state index in [0.29, 0.717) is 4.64 Å². The summed E-state index contributed by atoms with van der Waals surface area (Å²) in [5, 5.41) is 6.63. The molecule has 13 heavy (non-hydrogen) atoms. The smallest absolute Gasteiger partial charge is 0.152 e. The molecule has 4 nitrogen and oxygen atoms in total. The summed E-state index contributed by atoms with van der Waals surface area (Å²) in [6.45, 7) is 0. The van der Waals surface area contributed by atoms with E-state index in [-0.39, 0.29) is 0 Å². The number of hydrogen-bond donors (Lipinski definition) is 1. The molecule has 0 saturated carbocycles. The Labute approximate surface area is 77.8 Å². The Morgan fingerprint density at radius 3 is 3.31 bits per heavy atom. The highest BCUT2D eigenvalue weighted by Crippen LogP contribution is 2.20. The van der Waals surface area contributed by atoms with Gasteiger partial charge in [0, 0.05) is 12.1 Å². The van der Waals surface area contributed by atoms with Gasteiger partial charge in [-0.1, -0.05) is 12.2 Å². The van der Waals surface area contributed by atoms with Gasteiger partial charge in [-0.25, -0.2) is 0 Å². The van der Waals surface area contributed by atoms with Crippen LogP contribution in [0, 0.1) is 4.64 Å². The molecular weight excluding hydrogens is 186 g/mol. The van der Waals surface area contributed by atoms with E-state index in [1.165, 1.54) is 0 Å². The molecule has 0 saturated heterocycles. The molecule has 0 aliphatic carbocycles. The Morgan fingerprint density at radius 2 is 2.38 bits per heavy atom. The first kappa shape index (κ1) is 6.85. The summed E-state index contributed by atoms with van der Waals surface area (Å²) in [4.78, 5) is 0. The van der Waals surface area contributed by atoms with E-state index < -0.39 is 0 Å². The molecule has 1 N–H and O–H groups in total. The largest absolute Gasteiger partial charge is 0.463 e. The normalized spacial score (nSPS) is 11.4. The molecule has 0 amide bonds. The number of nitrogens with one attached hydrogen (secondary N) is 1. The van der Waals surface area contributed by atoms with Crippen molar-refractivity contribution in [3.05, 3.63) is 29.4 Å². The van der Waals surface area contributed by atoms with E-state index >= 15 is 0 Å². The van der Waals surface area contributed by atoms with Gasteiger partial charge < -0.3 is 4.42 Å². The highest BCUT2D eigenvalue weighted by molar-refractivity contribution is 7.71. The van der Waals surface area contributed by atoms with Crippen LogP contribution >= 0.6 is 12.2 Å². The van der Waals surface area contributed by atoms with E-state index in [2.05, 4.69) is 10.2 Å². The Bertz CT molecular complexity index is 633. The van der Waals surface area contributed by atoms with E-state index in [4.69, 9.17) is 16.6 Å². The summed E-state index contributed by atoms with van der Waals surface area (Å²) in [5.74, 6) is 0. The molecule has 0 fully saturated rings. The number of hydrogen-bond acceptors (Lipinski definition) is 3. The Kier molecular flexibility index (Phi) is 1.16. The van der Waals surface area contributed by atoms with E-state index in [9.17, 15) is 0 Å².